The van der Waals surface area contributed by atoms with Crippen LogP contribution in [0.2, 0.25) is 0 Å². The highest BCUT2D eigenvalue weighted by Crippen LogP contribution is 2.12. The van der Waals surface area contributed by atoms with Crippen molar-refractivity contribution in [2.75, 3.05) is 13.1 Å². The van der Waals surface area contributed by atoms with Crippen LogP contribution in [0.4, 0.5) is 0 Å². The third kappa shape index (κ3) is 2.17. The van der Waals surface area contributed by atoms with E-state index in [0.29, 0.717) is 19.5 Å². The number of carbonyl (C=O) groups excluding carboxylic acids is 1. The van der Waals surface area contributed by atoms with E-state index in [1.54, 1.807) is 11.8 Å². The summed E-state index contributed by atoms with van der Waals surface area (Å²) in [6, 6.07) is 0. The maximum Gasteiger partial charge on any atom is 0.236 e. The number of likely N-dealkylation sites (tertiary alicyclic amines) is 1. The smallest absolute Gasteiger partial charge is 0.236 e. The number of nitrogens with zero attached hydrogens (tertiary/aromatic N) is 1. The monoisotopic (exact) mass is 221 g/mol. The number of rotatable bonds is 1. The van der Waals surface area contributed by atoms with Gasteiger partial charge in [-0.25, -0.2) is 0 Å². The fourth-order valence-corrected chi connectivity index (χ4v) is 1.48. The Morgan fingerprint density at radius 3 is 2.82 bits per heavy atom. The number of amides is 1. The van der Waals surface area contributed by atoms with Gasteiger partial charge in [-0.3, -0.25) is 4.79 Å². The highest BCUT2D eigenvalue weighted by Gasteiger charge is 2.26. The fourth-order valence-electron chi connectivity index (χ4n) is 1.19. The van der Waals surface area contributed by atoms with Crippen molar-refractivity contribution in [3.8, 4) is 0 Å². The molecule has 1 amide bonds. The minimum atomic E-state index is -0.315. The molecule has 1 aliphatic heterocycles. The van der Waals surface area contributed by atoms with Crippen LogP contribution in [0.15, 0.2) is 0 Å². The topological polar surface area (TPSA) is 40.5 Å². The fraction of sp³-hybridized carbons (Fsp3) is 0.857. The summed E-state index contributed by atoms with van der Waals surface area (Å²) in [5, 5.41) is 9.12. The molecule has 2 atom stereocenters. The second-order valence-electron chi connectivity index (χ2n) is 2.84. The minimum Gasteiger partial charge on any atom is -0.391 e. The normalized spacial score (nSPS) is 27.2. The van der Waals surface area contributed by atoms with E-state index >= 15 is 0 Å². The number of hydrogen-bond donors (Lipinski definition) is 1. The van der Waals surface area contributed by atoms with Gasteiger partial charge in [0.2, 0.25) is 5.91 Å². The van der Waals surface area contributed by atoms with Gasteiger partial charge in [0.15, 0.2) is 0 Å². The van der Waals surface area contributed by atoms with Crippen molar-refractivity contribution >= 4 is 21.8 Å². The molecule has 11 heavy (non-hydrogen) atoms. The van der Waals surface area contributed by atoms with Crippen LogP contribution >= 0.6 is 15.9 Å². The molecule has 4 heteroatoms. The number of aliphatic hydroxyl groups is 1. The minimum absolute atomic E-state index is 0.0709. The van der Waals surface area contributed by atoms with Gasteiger partial charge < -0.3 is 10.0 Å². The van der Waals surface area contributed by atoms with Crippen LogP contribution in [0.25, 0.3) is 0 Å². The Morgan fingerprint density at radius 1 is 1.82 bits per heavy atom. The molecule has 3 nitrogen and oxygen atoms in total. The molecule has 0 aromatic carbocycles. The molecule has 1 saturated heterocycles. The maximum atomic E-state index is 11.3. The molecule has 0 bridgehead atoms. The van der Waals surface area contributed by atoms with Gasteiger partial charge in [-0.2, -0.15) is 0 Å². The van der Waals surface area contributed by atoms with Crippen LogP contribution in [-0.4, -0.2) is 39.9 Å². The summed E-state index contributed by atoms with van der Waals surface area (Å²) in [4.78, 5) is 12.8. The summed E-state index contributed by atoms with van der Waals surface area (Å²) >= 11 is 3.20. The average Bonchev–Trinajstić information content (AvgIpc) is 2.34. The summed E-state index contributed by atoms with van der Waals surface area (Å²) in [6.45, 7) is 2.98. The van der Waals surface area contributed by atoms with E-state index in [1.165, 1.54) is 0 Å². The second kappa shape index (κ2) is 3.54. The Labute approximate surface area is 74.5 Å². The lowest BCUT2D eigenvalue weighted by atomic mass is 10.3. The van der Waals surface area contributed by atoms with E-state index in [4.69, 9.17) is 5.11 Å². The molecule has 0 aliphatic carbocycles. The van der Waals surface area contributed by atoms with Crippen molar-refractivity contribution < 1.29 is 9.90 Å². The Morgan fingerprint density at radius 2 is 2.45 bits per heavy atom. The zero-order chi connectivity index (χ0) is 8.43. The molecule has 2 unspecified atom stereocenters. The molecule has 1 N–H and O–H groups in total. The molecule has 1 rings (SSSR count). The molecule has 0 saturated carbocycles. The highest BCUT2D eigenvalue weighted by atomic mass is 79.9. The molecule has 1 aliphatic rings. The number of halogens is 1. The van der Waals surface area contributed by atoms with Gasteiger partial charge in [0.05, 0.1) is 10.9 Å². The van der Waals surface area contributed by atoms with E-state index in [9.17, 15) is 4.79 Å². The van der Waals surface area contributed by atoms with Gasteiger partial charge in [-0.05, 0) is 13.3 Å². The van der Waals surface area contributed by atoms with Crippen molar-refractivity contribution in [1.82, 2.24) is 4.90 Å². The van der Waals surface area contributed by atoms with Crippen molar-refractivity contribution in [2.45, 2.75) is 24.3 Å². The highest BCUT2D eigenvalue weighted by molar-refractivity contribution is 9.10. The number of alkyl halides is 1. The first-order valence-electron chi connectivity index (χ1n) is 3.72. The second-order valence-corrected chi connectivity index (χ2v) is 4.22. The summed E-state index contributed by atoms with van der Waals surface area (Å²) in [7, 11) is 0. The van der Waals surface area contributed by atoms with Gasteiger partial charge in [0.1, 0.15) is 0 Å². The first kappa shape index (κ1) is 9.00. The van der Waals surface area contributed by atoms with Gasteiger partial charge in [-0.1, -0.05) is 15.9 Å². The predicted octanol–water partition coefficient (Wildman–Crippen LogP) is 0.363. The summed E-state index contributed by atoms with van der Waals surface area (Å²) in [5.41, 5.74) is 0. The quantitative estimate of drug-likeness (QED) is 0.651. The molecule has 64 valence electrons. The van der Waals surface area contributed by atoms with E-state index in [1.807, 2.05) is 0 Å². The summed E-state index contributed by atoms with van der Waals surface area (Å²) in [6.07, 6.45) is 0.399. The zero-order valence-corrected chi connectivity index (χ0v) is 8.04. The predicted molar refractivity (Wildman–Crippen MR) is 45.6 cm³/mol. The lowest BCUT2D eigenvalue weighted by Crippen LogP contribution is -2.34. The number of hydrogen-bond acceptors (Lipinski definition) is 2. The Hall–Kier alpha value is -0.0900. The van der Waals surface area contributed by atoms with Crippen LogP contribution in [0.3, 0.4) is 0 Å². The standard InChI is InChI=1S/C7H12BrNO2/c1-5(8)7(11)9-3-2-6(10)4-9/h5-6,10H,2-4H2,1H3. The summed E-state index contributed by atoms with van der Waals surface area (Å²) in [5.74, 6) is 0.0709. The molecule has 0 spiro atoms. The Balaban J connectivity index is 2.43. The van der Waals surface area contributed by atoms with Crippen LogP contribution in [0, 0.1) is 0 Å². The SMILES string of the molecule is CC(Br)C(=O)N1CCC(O)C1. The number of aliphatic hydroxyl groups excluding tert-OH is 1. The molecule has 0 aromatic heterocycles. The number of carbonyl (C=O) groups is 1. The van der Waals surface area contributed by atoms with Crippen molar-refractivity contribution in [3.05, 3.63) is 0 Å². The van der Waals surface area contributed by atoms with Gasteiger partial charge in [-0.15, -0.1) is 0 Å². The third-order valence-electron chi connectivity index (χ3n) is 1.82. The lowest BCUT2D eigenvalue weighted by molar-refractivity contribution is -0.129. The molecular weight excluding hydrogens is 210 g/mol. The molecule has 1 fully saturated rings. The molecule has 0 radical (unpaired) electrons. The van der Waals surface area contributed by atoms with E-state index in [0.717, 1.165) is 0 Å². The van der Waals surface area contributed by atoms with E-state index in [2.05, 4.69) is 15.9 Å². The first-order valence-corrected chi connectivity index (χ1v) is 4.63. The first-order chi connectivity index (χ1) is 5.11. The summed E-state index contributed by atoms with van der Waals surface area (Å²) < 4.78 is 0. The van der Waals surface area contributed by atoms with Crippen molar-refractivity contribution in [3.63, 3.8) is 0 Å². The Kier molecular flexibility index (Phi) is 2.90. The zero-order valence-electron chi connectivity index (χ0n) is 6.46. The Bertz CT molecular complexity index is 161. The largest absolute Gasteiger partial charge is 0.391 e. The van der Waals surface area contributed by atoms with Crippen LogP contribution in [0.1, 0.15) is 13.3 Å². The van der Waals surface area contributed by atoms with Crippen molar-refractivity contribution in [1.29, 1.82) is 0 Å². The molecule has 1 heterocycles. The van der Waals surface area contributed by atoms with Gasteiger partial charge >= 0.3 is 0 Å². The van der Waals surface area contributed by atoms with Crippen LogP contribution < -0.4 is 0 Å². The van der Waals surface area contributed by atoms with E-state index in [-0.39, 0.29) is 16.8 Å². The maximum absolute atomic E-state index is 11.3. The van der Waals surface area contributed by atoms with Crippen molar-refractivity contribution in [2.24, 2.45) is 0 Å². The lowest BCUT2D eigenvalue weighted by Gasteiger charge is -2.16. The average molecular weight is 222 g/mol. The number of β-amino-alcohol motifs (C(OH)–C–C–N with tert-alkyl or cyclic N) is 1. The van der Waals surface area contributed by atoms with Crippen LogP contribution in [0.5, 0.6) is 0 Å². The molecular formula is C7H12BrNO2. The van der Waals surface area contributed by atoms with Gasteiger partial charge in [0, 0.05) is 13.1 Å². The van der Waals surface area contributed by atoms with Crippen LogP contribution in [-0.2, 0) is 4.79 Å². The van der Waals surface area contributed by atoms with E-state index < -0.39 is 0 Å². The molecule has 0 aromatic rings. The third-order valence-corrected chi connectivity index (χ3v) is 2.21. The van der Waals surface area contributed by atoms with Gasteiger partial charge in [0.25, 0.3) is 0 Å².